The predicted octanol–water partition coefficient (Wildman–Crippen LogP) is 3.08. The van der Waals surface area contributed by atoms with Gasteiger partial charge in [0.1, 0.15) is 3.70 Å². The summed E-state index contributed by atoms with van der Waals surface area (Å²) >= 11 is 7.36. The topological polar surface area (TPSA) is 39.2 Å². The molecule has 0 bridgehead atoms. The lowest BCUT2D eigenvalue weighted by Crippen LogP contribution is -2.10. The van der Waals surface area contributed by atoms with Gasteiger partial charge in [0.25, 0.3) is 6.43 Å². The smallest absolute Gasteiger partial charge is 0.311 e. The molecule has 1 rings (SSSR count). The molecule has 0 atom stereocenters. The summed E-state index contributed by atoms with van der Waals surface area (Å²) in [5, 5.41) is 0. The first kappa shape index (κ1) is 14.6. The molecule has 0 radical (unpaired) electrons. The molecule has 3 nitrogen and oxygen atoms in total. The number of alkyl halides is 3. The quantitative estimate of drug-likeness (QED) is 0.351. The van der Waals surface area contributed by atoms with Crippen LogP contribution in [0.15, 0.2) is 6.07 Å². The van der Waals surface area contributed by atoms with Gasteiger partial charge in [-0.1, -0.05) is 0 Å². The van der Waals surface area contributed by atoms with Crippen LogP contribution < -0.4 is 0 Å². The summed E-state index contributed by atoms with van der Waals surface area (Å²) in [7, 11) is 1.25. The van der Waals surface area contributed by atoms with Crippen molar-refractivity contribution < 1.29 is 18.3 Å². The second kappa shape index (κ2) is 6.44. The van der Waals surface area contributed by atoms with Crippen LogP contribution in [0.25, 0.3) is 0 Å². The van der Waals surface area contributed by atoms with Crippen molar-refractivity contribution in [1.82, 2.24) is 4.98 Å². The first-order valence-corrected chi connectivity index (χ1v) is 6.20. The van der Waals surface area contributed by atoms with Crippen molar-refractivity contribution in [2.24, 2.45) is 0 Å². The Kier molecular flexibility index (Phi) is 5.51. The molecule has 0 aliphatic heterocycles. The number of hydrogen-bond donors (Lipinski definition) is 0. The summed E-state index contributed by atoms with van der Waals surface area (Å²) in [6.07, 6.45) is -2.68. The number of methoxy groups -OCH3 is 1. The molecular formula is C10H9ClF2INO2. The molecule has 0 saturated heterocycles. The number of halogens is 4. The molecule has 17 heavy (non-hydrogen) atoms. The van der Waals surface area contributed by atoms with E-state index in [0.717, 1.165) is 0 Å². The minimum atomic E-state index is -2.61. The van der Waals surface area contributed by atoms with E-state index in [9.17, 15) is 13.6 Å². The van der Waals surface area contributed by atoms with E-state index in [4.69, 9.17) is 11.6 Å². The largest absolute Gasteiger partial charge is 0.469 e. The van der Waals surface area contributed by atoms with Gasteiger partial charge in [-0.3, -0.25) is 4.79 Å². The average Bonchev–Trinajstić information content (AvgIpc) is 2.28. The van der Waals surface area contributed by atoms with Crippen LogP contribution >= 0.6 is 34.2 Å². The molecule has 1 heterocycles. The lowest BCUT2D eigenvalue weighted by Gasteiger charge is -2.10. The van der Waals surface area contributed by atoms with Gasteiger partial charge >= 0.3 is 5.97 Å². The molecule has 0 aromatic carbocycles. The van der Waals surface area contributed by atoms with Crippen molar-refractivity contribution in [3.05, 3.63) is 26.6 Å². The number of rotatable bonds is 4. The van der Waals surface area contributed by atoms with Crippen LogP contribution in [0.4, 0.5) is 8.78 Å². The Morgan fingerprint density at radius 2 is 2.29 bits per heavy atom. The number of nitrogens with zero attached hydrogens (tertiary/aromatic N) is 1. The van der Waals surface area contributed by atoms with Crippen molar-refractivity contribution >= 4 is 40.2 Å². The zero-order valence-electron chi connectivity index (χ0n) is 8.84. The fourth-order valence-corrected chi connectivity index (χ4v) is 2.13. The number of carbonyl (C=O) groups excluding carboxylic acids is 1. The molecule has 0 aliphatic rings. The van der Waals surface area contributed by atoms with E-state index < -0.39 is 12.4 Å². The summed E-state index contributed by atoms with van der Waals surface area (Å²) in [4.78, 5) is 15.1. The molecule has 0 unspecified atom stereocenters. The number of esters is 1. The second-order valence-corrected chi connectivity index (χ2v) is 4.45. The fraction of sp³-hybridized carbons (Fsp3) is 0.400. The van der Waals surface area contributed by atoms with Crippen molar-refractivity contribution in [2.45, 2.75) is 18.7 Å². The molecule has 1 aromatic rings. The molecule has 0 N–H and O–H groups in total. The summed E-state index contributed by atoms with van der Waals surface area (Å²) in [6, 6.07) is 1.28. The van der Waals surface area contributed by atoms with Crippen LogP contribution in [0.3, 0.4) is 0 Å². The highest BCUT2D eigenvalue weighted by Crippen LogP contribution is 2.26. The summed E-state index contributed by atoms with van der Waals surface area (Å²) in [6.45, 7) is 0. The normalized spacial score (nSPS) is 10.7. The molecular weight excluding hydrogens is 366 g/mol. The molecule has 94 valence electrons. The van der Waals surface area contributed by atoms with Crippen molar-refractivity contribution in [3.8, 4) is 0 Å². The maximum Gasteiger partial charge on any atom is 0.311 e. The van der Waals surface area contributed by atoms with E-state index in [1.54, 1.807) is 22.6 Å². The van der Waals surface area contributed by atoms with E-state index in [1.165, 1.54) is 13.2 Å². The maximum absolute atomic E-state index is 12.6. The third kappa shape index (κ3) is 3.74. The third-order valence-electron chi connectivity index (χ3n) is 2.09. The van der Waals surface area contributed by atoms with Crippen LogP contribution in [-0.2, 0) is 21.8 Å². The van der Waals surface area contributed by atoms with Crippen LogP contribution in [0.5, 0.6) is 0 Å². The summed E-state index contributed by atoms with van der Waals surface area (Å²) < 4.78 is 29.9. The van der Waals surface area contributed by atoms with Crippen molar-refractivity contribution in [1.29, 1.82) is 0 Å². The monoisotopic (exact) mass is 375 g/mol. The van der Waals surface area contributed by atoms with Crippen LogP contribution in [-0.4, -0.2) is 18.1 Å². The van der Waals surface area contributed by atoms with Crippen molar-refractivity contribution in [2.75, 3.05) is 7.11 Å². The highest BCUT2D eigenvalue weighted by molar-refractivity contribution is 14.1. The van der Waals surface area contributed by atoms with E-state index in [2.05, 4.69) is 9.72 Å². The van der Waals surface area contributed by atoms with Crippen LogP contribution in [0, 0.1) is 3.70 Å². The van der Waals surface area contributed by atoms with Gasteiger partial charge in [-0.2, -0.15) is 0 Å². The lowest BCUT2D eigenvalue weighted by atomic mass is 10.1. The van der Waals surface area contributed by atoms with Gasteiger partial charge in [0.15, 0.2) is 0 Å². The Hall–Kier alpha value is -0.500. The molecule has 1 aromatic heterocycles. The first-order chi connectivity index (χ1) is 7.99. The number of ether oxygens (including phenoxy) is 1. The Balaban J connectivity index is 3.14. The van der Waals surface area contributed by atoms with E-state index in [1.807, 2.05) is 0 Å². The van der Waals surface area contributed by atoms with Gasteiger partial charge in [-0.05, 0) is 34.2 Å². The molecule has 0 spiro atoms. The van der Waals surface area contributed by atoms with Gasteiger partial charge in [-0.15, -0.1) is 11.6 Å². The van der Waals surface area contributed by atoms with Gasteiger partial charge in [0.05, 0.1) is 19.2 Å². The molecule has 7 heteroatoms. The second-order valence-electron chi connectivity index (χ2n) is 3.16. The van der Waals surface area contributed by atoms with Gasteiger partial charge in [-0.25, -0.2) is 13.8 Å². The number of aromatic nitrogens is 1. The minimum Gasteiger partial charge on any atom is -0.469 e. The maximum atomic E-state index is 12.6. The molecule has 0 fully saturated rings. The van der Waals surface area contributed by atoms with Gasteiger partial charge in [0.2, 0.25) is 0 Å². The van der Waals surface area contributed by atoms with E-state index in [-0.39, 0.29) is 21.6 Å². The fourth-order valence-electron chi connectivity index (χ4n) is 1.22. The number of pyridine rings is 1. The Morgan fingerprint density at radius 3 is 2.76 bits per heavy atom. The summed E-state index contributed by atoms with van der Waals surface area (Å²) in [5.74, 6) is -0.458. The first-order valence-electron chi connectivity index (χ1n) is 4.58. The zero-order chi connectivity index (χ0) is 13.0. The Morgan fingerprint density at radius 1 is 1.65 bits per heavy atom. The highest BCUT2D eigenvalue weighted by Gasteiger charge is 2.18. The van der Waals surface area contributed by atoms with Crippen LogP contribution in [0.1, 0.15) is 23.2 Å². The van der Waals surface area contributed by atoms with E-state index >= 15 is 0 Å². The predicted molar refractivity (Wildman–Crippen MR) is 67.2 cm³/mol. The minimum absolute atomic E-state index is 0.0238. The average molecular weight is 376 g/mol. The standard InChI is InChI=1S/C10H9ClF2INO2/c1-17-8(16)3-7-5(4-11)2-6(9(12)13)10(14)15-7/h2,9H,3-4H2,1H3. The molecule has 0 saturated carbocycles. The SMILES string of the molecule is COC(=O)Cc1nc(I)c(C(F)F)cc1CCl. The van der Waals surface area contributed by atoms with E-state index in [0.29, 0.717) is 11.3 Å². The Bertz CT molecular complexity index is 429. The number of carbonyl (C=O) groups is 1. The molecule has 0 amide bonds. The van der Waals surface area contributed by atoms with Gasteiger partial charge in [0, 0.05) is 11.4 Å². The van der Waals surface area contributed by atoms with Gasteiger partial charge < -0.3 is 4.74 Å². The third-order valence-corrected chi connectivity index (χ3v) is 3.24. The molecule has 0 aliphatic carbocycles. The highest BCUT2D eigenvalue weighted by atomic mass is 127. The number of hydrogen-bond acceptors (Lipinski definition) is 3. The van der Waals surface area contributed by atoms with Crippen molar-refractivity contribution in [3.63, 3.8) is 0 Å². The summed E-state index contributed by atoms with van der Waals surface area (Å²) in [5.41, 5.74) is 0.628. The van der Waals surface area contributed by atoms with Crippen LogP contribution in [0.2, 0.25) is 0 Å². The Labute approximate surface area is 116 Å². The lowest BCUT2D eigenvalue weighted by molar-refractivity contribution is -0.139. The zero-order valence-corrected chi connectivity index (χ0v) is 11.8.